The quantitative estimate of drug-likeness (QED) is 0.293. The van der Waals surface area contributed by atoms with Crippen LogP contribution in [0.5, 0.6) is 11.5 Å². The lowest BCUT2D eigenvalue weighted by Crippen LogP contribution is -2.19. The Labute approximate surface area is 224 Å². The second kappa shape index (κ2) is 11.1. The molecule has 1 fully saturated rings. The van der Waals surface area contributed by atoms with E-state index in [9.17, 15) is 4.79 Å². The van der Waals surface area contributed by atoms with Crippen molar-refractivity contribution < 1.29 is 14.3 Å². The maximum absolute atomic E-state index is 12.5. The van der Waals surface area contributed by atoms with Crippen molar-refractivity contribution in [1.82, 2.24) is 5.32 Å². The van der Waals surface area contributed by atoms with Crippen molar-refractivity contribution in [1.29, 1.82) is 0 Å². The molecule has 0 unspecified atom stereocenters. The van der Waals surface area contributed by atoms with E-state index in [0.717, 1.165) is 15.7 Å². The summed E-state index contributed by atoms with van der Waals surface area (Å²) in [5, 5.41) is 4.64. The van der Waals surface area contributed by atoms with Gasteiger partial charge in [0.2, 0.25) is 0 Å². The number of nitrogens with zero attached hydrogens (tertiary/aromatic N) is 1. The van der Waals surface area contributed by atoms with Gasteiger partial charge in [-0.25, -0.2) is 4.99 Å². The molecule has 0 atom stereocenters. The minimum atomic E-state index is -0.242. The smallest absolute Gasteiger partial charge is 0.264 e. The van der Waals surface area contributed by atoms with Crippen molar-refractivity contribution in [3.63, 3.8) is 0 Å². The molecule has 1 saturated heterocycles. The zero-order chi connectivity index (χ0) is 24.2. The number of nitrogens with one attached hydrogen (secondary N) is 1. The first-order valence-corrected chi connectivity index (χ1v) is 12.6. The van der Waals surface area contributed by atoms with Crippen LogP contribution in [0.4, 0.5) is 5.69 Å². The summed E-state index contributed by atoms with van der Waals surface area (Å²) < 4.78 is 12.3. The first kappa shape index (κ1) is 24.9. The normalized spacial score (nSPS) is 15.6. The largest absolute Gasteiger partial charge is 0.493 e. The second-order valence-corrected chi connectivity index (χ2v) is 10.2. The number of amides is 1. The van der Waals surface area contributed by atoms with Crippen molar-refractivity contribution >= 4 is 85.3 Å². The van der Waals surface area contributed by atoms with E-state index in [2.05, 4.69) is 26.2 Å². The summed E-state index contributed by atoms with van der Waals surface area (Å²) in [6.07, 6.45) is 1.72. The fourth-order valence-electron chi connectivity index (χ4n) is 3.02. The number of aliphatic imine (C=N–C) groups is 1. The predicted molar refractivity (Wildman–Crippen MR) is 144 cm³/mol. The molecule has 0 saturated carbocycles. The second-order valence-electron chi connectivity index (χ2n) is 7.02. The maximum atomic E-state index is 12.5. The number of rotatable bonds is 6. The fraction of sp³-hybridized carbons (Fsp3) is 0.0833. The van der Waals surface area contributed by atoms with Gasteiger partial charge in [-0.15, -0.1) is 0 Å². The molecule has 1 N–H and O–H groups in total. The molecule has 4 rings (SSSR count). The molecule has 1 amide bonds. The lowest BCUT2D eigenvalue weighted by molar-refractivity contribution is -0.115. The van der Waals surface area contributed by atoms with Gasteiger partial charge in [0.25, 0.3) is 5.91 Å². The maximum Gasteiger partial charge on any atom is 0.264 e. The zero-order valence-corrected chi connectivity index (χ0v) is 22.2. The first-order chi connectivity index (χ1) is 16.3. The van der Waals surface area contributed by atoms with E-state index in [1.165, 1.54) is 18.9 Å². The third-order valence-electron chi connectivity index (χ3n) is 4.64. The number of halogens is 4. The lowest BCUT2D eigenvalue weighted by Gasteiger charge is -2.14. The van der Waals surface area contributed by atoms with Gasteiger partial charge in [0, 0.05) is 20.1 Å². The Balaban J connectivity index is 1.53. The van der Waals surface area contributed by atoms with Gasteiger partial charge in [-0.1, -0.05) is 56.8 Å². The van der Waals surface area contributed by atoms with Crippen molar-refractivity contribution in [3.05, 3.63) is 90.2 Å². The number of hydrogen-bond acceptors (Lipinski definition) is 5. The average Bonchev–Trinajstić information content (AvgIpc) is 3.13. The van der Waals surface area contributed by atoms with E-state index in [0.29, 0.717) is 42.2 Å². The van der Waals surface area contributed by atoms with Crippen LogP contribution in [-0.2, 0) is 11.4 Å². The number of benzene rings is 3. The summed E-state index contributed by atoms with van der Waals surface area (Å²) >= 11 is 23.3. The van der Waals surface area contributed by atoms with Crippen LogP contribution in [0.25, 0.3) is 6.08 Å². The Kier molecular flexibility index (Phi) is 8.11. The highest BCUT2D eigenvalue weighted by Crippen LogP contribution is 2.39. The molecular formula is C24H16BrCl3N2O3S. The van der Waals surface area contributed by atoms with Crippen LogP contribution in [0.2, 0.25) is 15.1 Å². The van der Waals surface area contributed by atoms with Crippen LogP contribution in [0.3, 0.4) is 0 Å². The Bertz CT molecular complexity index is 1310. The predicted octanol–water partition coefficient (Wildman–Crippen LogP) is 7.89. The molecule has 1 aliphatic heterocycles. The van der Waals surface area contributed by atoms with E-state index in [-0.39, 0.29) is 12.5 Å². The van der Waals surface area contributed by atoms with E-state index >= 15 is 0 Å². The summed E-state index contributed by atoms with van der Waals surface area (Å²) in [6.45, 7) is 0.181. The monoisotopic (exact) mass is 596 g/mol. The molecule has 0 bridgehead atoms. The van der Waals surface area contributed by atoms with E-state index in [4.69, 9.17) is 44.3 Å². The van der Waals surface area contributed by atoms with E-state index in [1.54, 1.807) is 36.4 Å². The molecule has 5 nitrogen and oxygen atoms in total. The Morgan fingerprint density at radius 2 is 1.82 bits per heavy atom. The number of thioether (sulfide) groups is 1. The highest BCUT2D eigenvalue weighted by Gasteiger charge is 2.24. The average molecular weight is 599 g/mol. The van der Waals surface area contributed by atoms with E-state index in [1.807, 2.05) is 24.3 Å². The van der Waals surface area contributed by atoms with Crippen LogP contribution in [0.1, 0.15) is 11.1 Å². The number of amidine groups is 1. The number of ether oxygens (including phenoxy) is 2. The van der Waals surface area contributed by atoms with Crippen LogP contribution in [0, 0.1) is 0 Å². The van der Waals surface area contributed by atoms with Crippen LogP contribution in [0.15, 0.2) is 69.0 Å². The van der Waals surface area contributed by atoms with Crippen molar-refractivity contribution in [2.75, 3.05) is 7.11 Å². The fourth-order valence-corrected chi connectivity index (χ4v) is 4.86. The minimum Gasteiger partial charge on any atom is -0.493 e. The molecule has 0 radical (unpaired) electrons. The van der Waals surface area contributed by atoms with Gasteiger partial charge in [0.1, 0.15) is 6.61 Å². The van der Waals surface area contributed by atoms with Gasteiger partial charge in [-0.3, -0.25) is 4.79 Å². The highest BCUT2D eigenvalue weighted by atomic mass is 79.9. The molecule has 174 valence electrons. The van der Waals surface area contributed by atoms with Crippen LogP contribution < -0.4 is 14.8 Å². The summed E-state index contributed by atoms with van der Waals surface area (Å²) in [5.74, 6) is 0.559. The highest BCUT2D eigenvalue weighted by molar-refractivity contribution is 9.10. The van der Waals surface area contributed by atoms with Crippen molar-refractivity contribution in [2.24, 2.45) is 4.99 Å². The van der Waals surface area contributed by atoms with Crippen molar-refractivity contribution in [2.45, 2.75) is 6.61 Å². The van der Waals surface area contributed by atoms with Gasteiger partial charge in [0.15, 0.2) is 16.7 Å². The van der Waals surface area contributed by atoms with Gasteiger partial charge < -0.3 is 14.8 Å². The first-order valence-electron chi connectivity index (χ1n) is 9.82. The number of methoxy groups -OCH3 is 1. The molecule has 3 aromatic rings. The SMILES string of the molecule is COc1cc(/C=C2\SC(=Nc3ccc(Br)cc3)NC2=O)cc(Cl)c1OCc1ccc(Cl)cc1Cl. The number of carbonyl (C=O) groups is 1. The molecular weight excluding hydrogens is 583 g/mol. The molecule has 10 heteroatoms. The molecule has 34 heavy (non-hydrogen) atoms. The molecule has 0 spiro atoms. The number of carbonyl (C=O) groups excluding carboxylic acids is 1. The van der Waals surface area contributed by atoms with Gasteiger partial charge in [-0.2, -0.15) is 0 Å². The summed E-state index contributed by atoms with van der Waals surface area (Å²) in [7, 11) is 1.52. The molecule has 3 aromatic carbocycles. The zero-order valence-electron chi connectivity index (χ0n) is 17.6. The molecule has 1 aliphatic rings. The van der Waals surface area contributed by atoms with Gasteiger partial charge >= 0.3 is 0 Å². The van der Waals surface area contributed by atoms with Gasteiger partial charge in [0.05, 0.1) is 22.7 Å². The third-order valence-corrected chi connectivity index (χ3v) is 6.95. The minimum absolute atomic E-state index is 0.181. The molecule has 0 aromatic heterocycles. The summed E-state index contributed by atoms with van der Waals surface area (Å²) in [5.41, 5.74) is 2.17. The van der Waals surface area contributed by atoms with Crippen LogP contribution in [-0.4, -0.2) is 18.2 Å². The van der Waals surface area contributed by atoms with Crippen LogP contribution >= 0.6 is 62.5 Å². The summed E-state index contributed by atoms with van der Waals surface area (Å²) in [4.78, 5) is 17.4. The topological polar surface area (TPSA) is 59.9 Å². The summed E-state index contributed by atoms with van der Waals surface area (Å²) in [6, 6.07) is 16.1. The third kappa shape index (κ3) is 6.09. The Hall–Kier alpha value is -2.16. The Morgan fingerprint density at radius 3 is 2.53 bits per heavy atom. The van der Waals surface area contributed by atoms with Crippen molar-refractivity contribution in [3.8, 4) is 11.5 Å². The standard InChI is InChI=1S/C24H16BrCl3N2O3S/c1-32-20-9-13(8-19(28)22(20)33-12-14-2-5-16(26)11-18(14)27)10-21-23(31)30-24(34-21)29-17-6-3-15(25)4-7-17/h2-11H,12H2,1H3,(H,29,30,31)/b21-10-. The number of hydrogen-bond donors (Lipinski definition) is 1. The lowest BCUT2D eigenvalue weighted by atomic mass is 10.1. The van der Waals surface area contributed by atoms with E-state index < -0.39 is 0 Å². The molecule has 0 aliphatic carbocycles. The van der Waals surface area contributed by atoms with Gasteiger partial charge in [-0.05, 0) is 71.9 Å². The Morgan fingerprint density at radius 1 is 1.06 bits per heavy atom. The molecule has 1 heterocycles.